The van der Waals surface area contributed by atoms with Gasteiger partial charge >= 0.3 is 6.03 Å². The smallest absolute Gasteiger partial charge is 0.319 e. The van der Waals surface area contributed by atoms with Crippen LogP contribution in [0.3, 0.4) is 0 Å². The van der Waals surface area contributed by atoms with Crippen LogP contribution < -0.4 is 16.0 Å². The summed E-state index contributed by atoms with van der Waals surface area (Å²) in [5, 5.41) is 7.97. The molecule has 0 unspecified atom stereocenters. The van der Waals surface area contributed by atoms with Crippen molar-refractivity contribution >= 4 is 29.2 Å². The molecule has 3 amide bonds. The van der Waals surface area contributed by atoms with Gasteiger partial charge in [-0.15, -0.1) is 0 Å². The van der Waals surface area contributed by atoms with Crippen LogP contribution in [0.1, 0.15) is 24.1 Å². The Morgan fingerprint density at radius 3 is 2.44 bits per heavy atom. The van der Waals surface area contributed by atoms with Crippen LogP contribution in [0.2, 0.25) is 5.02 Å². The van der Waals surface area contributed by atoms with Crippen molar-refractivity contribution in [2.24, 2.45) is 0 Å². The number of aryl methyl sites for hydroxylation is 1. The summed E-state index contributed by atoms with van der Waals surface area (Å²) in [4.78, 5) is 24.7. The van der Waals surface area contributed by atoms with E-state index in [0.29, 0.717) is 10.7 Å². The van der Waals surface area contributed by atoms with Gasteiger partial charge in [0.25, 0.3) is 5.91 Å². The fourth-order valence-electron chi connectivity index (χ4n) is 2.87. The van der Waals surface area contributed by atoms with E-state index in [9.17, 15) is 18.4 Å². The van der Waals surface area contributed by atoms with Gasteiger partial charge < -0.3 is 16.0 Å². The number of benzene rings is 2. The topological polar surface area (TPSA) is 70.2 Å². The third-order valence-electron chi connectivity index (χ3n) is 4.23. The first kappa shape index (κ1) is 18.8. The minimum Gasteiger partial charge on any atom is -0.326 e. The summed E-state index contributed by atoms with van der Waals surface area (Å²) in [7, 11) is 0. The van der Waals surface area contributed by atoms with E-state index < -0.39 is 35.2 Å². The van der Waals surface area contributed by atoms with Gasteiger partial charge in [-0.05, 0) is 43.7 Å². The van der Waals surface area contributed by atoms with Crippen LogP contribution in [-0.2, 0) is 4.79 Å². The SMILES string of the molecule is CC1=C(C(=O)Nc2ccc(C)c(Cl)c2)[C@H](c2c(F)cccc2F)NC(=O)N1. The molecule has 1 aliphatic rings. The van der Waals surface area contributed by atoms with Crippen LogP contribution in [0.25, 0.3) is 0 Å². The summed E-state index contributed by atoms with van der Waals surface area (Å²) in [6.45, 7) is 3.31. The molecule has 0 radical (unpaired) electrons. The summed E-state index contributed by atoms with van der Waals surface area (Å²) in [6.07, 6.45) is 0. The van der Waals surface area contributed by atoms with E-state index >= 15 is 0 Å². The molecule has 3 N–H and O–H groups in total. The van der Waals surface area contributed by atoms with Gasteiger partial charge in [-0.25, -0.2) is 13.6 Å². The third-order valence-corrected chi connectivity index (χ3v) is 4.64. The van der Waals surface area contributed by atoms with Crippen molar-refractivity contribution < 1.29 is 18.4 Å². The molecule has 0 saturated carbocycles. The van der Waals surface area contributed by atoms with Crippen LogP contribution in [0.15, 0.2) is 47.7 Å². The van der Waals surface area contributed by atoms with E-state index in [2.05, 4.69) is 16.0 Å². The van der Waals surface area contributed by atoms with Crippen molar-refractivity contribution in [2.45, 2.75) is 19.9 Å². The molecule has 0 spiro atoms. The van der Waals surface area contributed by atoms with Crippen molar-refractivity contribution in [3.8, 4) is 0 Å². The van der Waals surface area contributed by atoms with Crippen LogP contribution in [0.4, 0.5) is 19.3 Å². The number of carbonyl (C=O) groups excluding carboxylic acids is 2. The Balaban J connectivity index is 2.01. The number of hydrogen-bond donors (Lipinski definition) is 3. The standard InChI is InChI=1S/C19H16ClF2N3O2/c1-9-6-7-11(8-12(9)20)24-18(26)15-10(2)23-19(27)25-17(15)16-13(21)4-3-5-14(16)22/h3-8,17H,1-2H3,(H,24,26)(H2,23,25,27)/t17-/m1/s1. The number of allylic oxidation sites excluding steroid dienone is 1. The molecule has 0 aromatic heterocycles. The molecular formula is C19H16ClF2N3O2. The van der Waals surface area contributed by atoms with E-state index in [-0.39, 0.29) is 11.3 Å². The van der Waals surface area contributed by atoms with Gasteiger partial charge in [-0.2, -0.15) is 0 Å². The molecule has 2 aromatic rings. The molecular weight excluding hydrogens is 376 g/mol. The second kappa shape index (κ2) is 7.36. The van der Waals surface area contributed by atoms with Gasteiger partial charge in [0.1, 0.15) is 11.6 Å². The van der Waals surface area contributed by atoms with E-state index in [1.165, 1.54) is 13.0 Å². The summed E-state index contributed by atoms with van der Waals surface area (Å²) in [5.74, 6) is -2.34. The van der Waals surface area contributed by atoms with Crippen molar-refractivity contribution in [2.75, 3.05) is 5.32 Å². The normalized spacial score (nSPS) is 16.6. The maximum Gasteiger partial charge on any atom is 0.319 e. The molecule has 0 bridgehead atoms. The van der Waals surface area contributed by atoms with Crippen molar-refractivity contribution in [3.63, 3.8) is 0 Å². The molecule has 1 heterocycles. The number of rotatable bonds is 3. The monoisotopic (exact) mass is 391 g/mol. The predicted molar refractivity (Wildman–Crippen MR) is 98.3 cm³/mol. The molecule has 27 heavy (non-hydrogen) atoms. The Morgan fingerprint density at radius 1 is 1.15 bits per heavy atom. The largest absolute Gasteiger partial charge is 0.326 e. The molecule has 1 atom stereocenters. The fourth-order valence-corrected chi connectivity index (χ4v) is 3.05. The van der Waals surface area contributed by atoms with Crippen molar-refractivity contribution in [3.05, 3.63) is 75.5 Å². The zero-order valence-corrected chi connectivity index (χ0v) is 15.2. The second-order valence-electron chi connectivity index (χ2n) is 6.12. The van der Waals surface area contributed by atoms with E-state index in [0.717, 1.165) is 17.7 Å². The quantitative estimate of drug-likeness (QED) is 0.734. The first-order valence-corrected chi connectivity index (χ1v) is 8.45. The molecule has 0 saturated heterocycles. The first-order chi connectivity index (χ1) is 12.8. The zero-order chi connectivity index (χ0) is 19.7. The minimum absolute atomic E-state index is 0.00435. The van der Waals surface area contributed by atoms with Gasteiger partial charge in [0.15, 0.2) is 0 Å². The van der Waals surface area contributed by atoms with Crippen molar-refractivity contribution in [1.82, 2.24) is 10.6 Å². The Hall–Kier alpha value is -2.93. The number of amides is 3. The number of hydrogen-bond acceptors (Lipinski definition) is 2. The zero-order valence-electron chi connectivity index (χ0n) is 14.5. The fraction of sp³-hybridized carbons (Fsp3) is 0.158. The van der Waals surface area contributed by atoms with Crippen LogP contribution in [0.5, 0.6) is 0 Å². The van der Waals surface area contributed by atoms with E-state index in [4.69, 9.17) is 11.6 Å². The second-order valence-corrected chi connectivity index (χ2v) is 6.53. The van der Waals surface area contributed by atoms with Gasteiger partial charge in [0.2, 0.25) is 0 Å². The third kappa shape index (κ3) is 3.78. The first-order valence-electron chi connectivity index (χ1n) is 8.07. The Labute approximate surface area is 159 Å². The Morgan fingerprint density at radius 2 is 1.81 bits per heavy atom. The molecule has 0 aliphatic carbocycles. The lowest BCUT2D eigenvalue weighted by Gasteiger charge is -2.29. The average molecular weight is 392 g/mol. The average Bonchev–Trinajstić information content (AvgIpc) is 2.57. The Kier molecular flexibility index (Phi) is 5.14. The summed E-state index contributed by atoms with van der Waals surface area (Å²) in [5.41, 5.74) is 1.04. The molecule has 0 fully saturated rings. The predicted octanol–water partition coefficient (Wildman–Crippen LogP) is 4.19. The number of carbonyl (C=O) groups is 2. The Bertz CT molecular complexity index is 955. The highest BCUT2D eigenvalue weighted by Crippen LogP contribution is 2.31. The highest BCUT2D eigenvalue weighted by Gasteiger charge is 2.34. The molecule has 1 aliphatic heterocycles. The summed E-state index contributed by atoms with van der Waals surface area (Å²) in [6, 6.07) is 6.36. The summed E-state index contributed by atoms with van der Waals surface area (Å²) >= 11 is 6.07. The number of urea groups is 1. The molecule has 8 heteroatoms. The molecule has 2 aromatic carbocycles. The highest BCUT2D eigenvalue weighted by molar-refractivity contribution is 6.31. The lowest BCUT2D eigenvalue weighted by molar-refractivity contribution is -0.113. The van der Waals surface area contributed by atoms with Crippen LogP contribution in [0, 0.1) is 18.6 Å². The maximum absolute atomic E-state index is 14.3. The van der Waals surface area contributed by atoms with Crippen molar-refractivity contribution in [1.29, 1.82) is 0 Å². The molecule has 5 nitrogen and oxygen atoms in total. The number of nitrogens with one attached hydrogen (secondary N) is 3. The van der Waals surface area contributed by atoms with Gasteiger partial charge in [-0.3, -0.25) is 4.79 Å². The van der Waals surface area contributed by atoms with Crippen LogP contribution >= 0.6 is 11.6 Å². The van der Waals surface area contributed by atoms with E-state index in [1.807, 2.05) is 6.92 Å². The molecule has 3 rings (SSSR count). The number of halogens is 3. The lowest BCUT2D eigenvalue weighted by Crippen LogP contribution is -2.46. The van der Waals surface area contributed by atoms with Gasteiger partial charge in [-0.1, -0.05) is 23.7 Å². The van der Waals surface area contributed by atoms with Gasteiger partial charge in [0, 0.05) is 16.4 Å². The van der Waals surface area contributed by atoms with E-state index in [1.54, 1.807) is 18.2 Å². The maximum atomic E-state index is 14.3. The highest BCUT2D eigenvalue weighted by atomic mass is 35.5. The molecule has 140 valence electrons. The number of anilines is 1. The van der Waals surface area contributed by atoms with Crippen LogP contribution in [-0.4, -0.2) is 11.9 Å². The summed E-state index contributed by atoms with van der Waals surface area (Å²) < 4.78 is 28.5. The lowest BCUT2D eigenvalue weighted by atomic mass is 9.94. The minimum atomic E-state index is -1.28. The van der Waals surface area contributed by atoms with Gasteiger partial charge in [0.05, 0.1) is 17.2 Å².